The van der Waals surface area contributed by atoms with Crippen LogP contribution in [0.5, 0.6) is 0 Å². The molecule has 4 rings (SSSR count). The monoisotopic (exact) mass is 332 g/mol. The van der Waals surface area contributed by atoms with Crippen molar-refractivity contribution in [2.45, 2.75) is 32.1 Å². The first-order valence-electron chi connectivity index (χ1n) is 8.50. The van der Waals surface area contributed by atoms with Gasteiger partial charge in [0.2, 0.25) is 5.91 Å². The van der Waals surface area contributed by atoms with Crippen LogP contribution >= 0.6 is 0 Å². The summed E-state index contributed by atoms with van der Waals surface area (Å²) in [4.78, 5) is 12.9. The molecule has 4 heteroatoms. The van der Waals surface area contributed by atoms with Gasteiger partial charge in [0.05, 0.1) is 11.1 Å². The lowest BCUT2D eigenvalue weighted by Gasteiger charge is -2.14. The first-order valence-corrected chi connectivity index (χ1v) is 8.50. The maximum Gasteiger partial charge on any atom is 0.236 e. The Balaban J connectivity index is 1.58. The van der Waals surface area contributed by atoms with Crippen molar-refractivity contribution in [1.29, 1.82) is 0 Å². The van der Waals surface area contributed by atoms with E-state index in [1.807, 2.05) is 62.4 Å². The van der Waals surface area contributed by atoms with Gasteiger partial charge in [-0.15, -0.1) is 0 Å². The molecule has 2 aromatic carbocycles. The zero-order valence-electron chi connectivity index (χ0n) is 14.4. The molecule has 0 spiro atoms. The van der Waals surface area contributed by atoms with Crippen molar-refractivity contribution >= 4 is 11.6 Å². The van der Waals surface area contributed by atoms with E-state index in [0.29, 0.717) is 11.5 Å². The minimum absolute atomic E-state index is 0.00707. The fourth-order valence-corrected chi connectivity index (χ4v) is 3.16. The van der Waals surface area contributed by atoms with Crippen molar-refractivity contribution in [2.24, 2.45) is 0 Å². The van der Waals surface area contributed by atoms with Crippen molar-refractivity contribution < 1.29 is 9.32 Å². The number of aryl methyl sites for hydroxylation is 2. The predicted octanol–water partition coefficient (Wildman–Crippen LogP) is 4.63. The Bertz CT molecular complexity index is 924. The highest BCUT2D eigenvalue weighted by atomic mass is 16.5. The number of rotatable bonds is 4. The van der Waals surface area contributed by atoms with Crippen LogP contribution in [0.25, 0.3) is 11.3 Å². The summed E-state index contributed by atoms with van der Waals surface area (Å²) in [5.41, 5.74) is 4.22. The van der Waals surface area contributed by atoms with Gasteiger partial charge >= 0.3 is 0 Å². The minimum Gasteiger partial charge on any atom is -0.356 e. The van der Waals surface area contributed by atoms with Gasteiger partial charge in [0.15, 0.2) is 5.76 Å². The number of nitrogens with zero attached hydrogens (tertiary/aromatic N) is 1. The SMILES string of the molecule is Cc1ccc(NC(=O)C2(c3cc(-c4ccccc4)on3)CC2)c(C)c1. The Hall–Kier alpha value is -2.88. The standard InChI is InChI=1S/C21H20N2O2/c1-14-8-9-17(15(2)12-14)22-20(24)21(10-11-21)19-13-18(25-23-19)16-6-4-3-5-7-16/h3-9,12-13H,10-11H2,1-2H3,(H,22,24). The third kappa shape index (κ3) is 2.84. The van der Waals surface area contributed by atoms with Crippen LogP contribution < -0.4 is 5.32 Å². The second-order valence-electron chi connectivity index (χ2n) is 6.80. The van der Waals surface area contributed by atoms with E-state index in [1.165, 1.54) is 5.56 Å². The lowest BCUT2D eigenvalue weighted by Crippen LogP contribution is -2.28. The molecule has 0 aliphatic heterocycles. The van der Waals surface area contributed by atoms with E-state index in [1.54, 1.807) is 0 Å². The Morgan fingerprint density at radius 3 is 2.52 bits per heavy atom. The van der Waals surface area contributed by atoms with Crippen LogP contribution in [-0.4, -0.2) is 11.1 Å². The molecule has 1 fully saturated rings. The van der Waals surface area contributed by atoms with Crippen LogP contribution in [0.4, 0.5) is 5.69 Å². The van der Waals surface area contributed by atoms with Crippen molar-refractivity contribution in [3.05, 3.63) is 71.4 Å². The largest absolute Gasteiger partial charge is 0.356 e. The van der Waals surface area contributed by atoms with E-state index >= 15 is 0 Å². The summed E-state index contributed by atoms with van der Waals surface area (Å²) in [7, 11) is 0. The van der Waals surface area contributed by atoms with Gasteiger partial charge in [0.1, 0.15) is 0 Å². The van der Waals surface area contributed by atoms with Crippen LogP contribution in [0, 0.1) is 13.8 Å². The summed E-state index contributed by atoms with van der Waals surface area (Å²) in [5, 5.41) is 7.26. The van der Waals surface area contributed by atoms with E-state index in [0.717, 1.165) is 29.7 Å². The third-order valence-corrected chi connectivity index (χ3v) is 4.87. The highest BCUT2D eigenvalue weighted by Crippen LogP contribution is 2.49. The molecule has 1 aromatic heterocycles. The van der Waals surface area contributed by atoms with Gasteiger partial charge in [-0.3, -0.25) is 4.79 Å². The highest BCUT2D eigenvalue weighted by molar-refractivity contribution is 6.01. The number of hydrogen-bond acceptors (Lipinski definition) is 3. The van der Waals surface area contributed by atoms with Crippen molar-refractivity contribution in [2.75, 3.05) is 5.32 Å². The molecule has 0 bridgehead atoms. The molecule has 25 heavy (non-hydrogen) atoms. The molecule has 1 heterocycles. The van der Waals surface area contributed by atoms with Crippen molar-refractivity contribution in [3.63, 3.8) is 0 Å². The first-order chi connectivity index (χ1) is 12.1. The smallest absolute Gasteiger partial charge is 0.236 e. The number of amides is 1. The van der Waals surface area contributed by atoms with Gasteiger partial charge in [-0.25, -0.2) is 0 Å². The number of carbonyl (C=O) groups is 1. The van der Waals surface area contributed by atoms with Gasteiger partial charge < -0.3 is 9.84 Å². The van der Waals surface area contributed by atoms with Crippen molar-refractivity contribution in [3.8, 4) is 11.3 Å². The second kappa shape index (κ2) is 5.88. The predicted molar refractivity (Wildman–Crippen MR) is 97.4 cm³/mol. The lowest BCUT2D eigenvalue weighted by atomic mass is 9.99. The molecule has 1 amide bonds. The number of aromatic nitrogens is 1. The fourth-order valence-electron chi connectivity index (χ4n) is 3.16. The van der Waals surface area contributed by atoms with Gasteiger partial charge in [0, 0.05) is 17.3 Å². The maximum absolute atomic E-state index is 12.9. The van der Waals surface area contributed by atoms with Gasteiger partial charge in [0.25, 0.3) is 0 Å². The quantitative estimate of drug-likeness (QED) is 0.758. The van der Waals surface area contributed by atoms with Crippen LogP contribution in [0.1, 0.15) is 29.7 Å². The zero-order valence-corrected chi connectivity index (χ0v) is 14.4. The minimum atomic E-state index is -0.562. The maximum atomic E-state index is 12.9. The number of nitrogens with one attached hydrogen (secondary N) is 1. The van der Waals surface area contributed by atoms with E-state index in [2.05, 4.69) is 16.5 Å². The summed E-state index contributed by atoms with van der Waals surface area (Å²) in [6.07, 6.45) is 1.59. The van der Waals surface area contributed by atoms with Crippen LogP contribution in [0.15, 0.2) is 59.1 Å². The summed E-state index contributed by atoms with van der Waals surface area (Å²) in [6.45, 7) is 4.05. The summed E-state index contributed by atoms with van der Waals surface area (Å²) in [5.74, 6) is 0.688. The van der Waals surface area contributed by atoms with Gasteiger partial charge in [-0.05, 0) is 38.3 Å². The Labute approximate surface area is 146 Å². The normalized spacial score (nSPS) is 15.0. The number of anilines is 1. The van der Waals surface area contributed by atoms with E-state index in [-0.39, 0.29) is 5.91 Å². The third-order valence-electron chi connectivity index (χ3n) is 4.87. The zero-order chi connectivity index (χ0) is 17.4. The molecule has 1 N–H and O–H groups in total. The molecule has 3 aromatic rings. The molecule has 0 radical (unpaired) electrons. The molecule has 0 atom stereocenters. The van der Waals surface area contributed by atoms with Gasteiger partial charge in [-0.1, -0.05) is 53.2 Å². The highest BCUT2D eigenvalue weighted by Gasteiger charge is 2.53. The topological polar surface area (TPSA) is 55.1 Å². The Morgan fingerprint density at radius 1 is 1.08 bits per heavy atom. The molecule has 1 aliphatic rings. The van der Waals surface area contributed by atoms with E-state index < -0.39 is 5.41 Å². The molecule has 126 valence electrons. The molecule has 1 aliphatic carbocycles. The van der Waals surface area contributed by atoms with E-state index in [4.69, 9.17) is 4.52 Å². The molecule has 0 saturated heterocycles. The summed E-state index contributed by atoms with van der Waals surface area (Å²) in [6, 6.07) is 17.7. The van der Waals surface area contributed by atoms with Crippen LogP contribution in [0.2, 0.25) is 0 Å². The van der Waals surface area contributed by atoms with Crippen LogP contribution in [-0.2, 0) is 10.2 Å². The lowest BCUT2D eigenvalue weighted by molar-refractivity contribution is -0.118. The number of hydrogen-bond donors (Lipinski definition) is 1. The van der Waals surface area contributed by atoms with Crippen LogP contribution in [0.3, 0.4) is 0 Å². The number of benzene rings is 2. The molecule has 4 nitrogen and oxygen atoms in total. The summed E-state index contributed by atoms with van der Waals surface area (Å²) >= 11 is 0. The number of carbonyl (C=O) groups excluding carboxylic acids is 1. The molecular formula is C21H20N2O2. The van der Waals surface area contributed by atoms with E-state index in [9.17, 15) is 4.79 Å². The average Bonchev–Trinajstić information content (AvgIpc) is 3.28. The Morgan fingerprint density at radius 2 is 1.84 bits per heavy atom. The second-order valence-corrected chi connectivity index (χ2v) is 6.80. The first kappa shape index (κ1) is 15.6. The summed E-state index contributed by atoms with van der Waals surface area (Å²) < 4.78 is 5.49. The molecule has 1 saturated carbocycles. The van der Waals surface area contributed by atoms with Gasteiger partial charge in [-0.2, -0.15) is 0 Å². The molecule has 0 unspecified atom stereocenters. The van der Waals surface area contributed by atoms with Crippen molar-refractivity contribution in [1.82, 2.24) is 5.16 Å². The fraction of sp³-hybridized carbons (Fsp3) is 0.238. The Kier molecular flexibility index (Phi) is 3.68. The average molecular weight is 332 g/mol. The molecular weight excluding hydrogens is 312 g/mol.